The van der Waals surface area contributed by atoms with Gasteiger partial charge in [-0.25, -0.2) is 4.98 Å². The Labute approximate surface area is 192 Å². The van der Waals surface area contributed by atoms with E-state index in [9.17, 15) is 0 Å². The Morgan fingerprint density at radius 3 is 2.45 bits per heavy atom. The van der Waals surface area contributed by atoms with Crippen LogP contribution in [0.3, 0.4) is 0 Å². The van der Waals surface area contributed by atoms with E-state index in [1.165, 1.54) is 37.7 Å². The standard InChI is InChI=1S/C25H35N5S/c1-18-13-19(2)16-30(15-18)22-14-20(3)27-23(28-22)29-24(31)26-17-25(11-7-8-12-25)21-9-5-4-6-10-21/h4-6,9-10,14,18-19H,7-8,11-13,15-17H2,1-3H3,(H2,26,27,28,29,31)/t18-,19+. The number of hydrogen-bond acceptors (Lipinski definition) is 4. The molecule has 0 radical (unpaired) electrons. The second-order valence-electron chi connectivity index (χ2n) is 9.70. The molecule has 0 amide bonds. The highest BCUT2D eigenvalue weighted by atomic mass is 32.1. The van der Waals surface area contributed by atoms with Gasteiger partial charge >= 0.3 is 0 Å². The summed E-state index contributed by atoms with van der Waals surface area (Å²) in [5, 5.41) is 7.32. The summed E-state index contributed by atoms with van der Waals surface area (Å²) in [5.41, 5.74) is 2.52. The fourth-order valence-corrected chi connectivity index (χ4v) is 5.59. The molecule has 2 atom stereocenters. The van der Waals surface area contributed by atoms with Gasteiger partial charge in [-0.1, -0.05) is 57.0 Å². The van der Waals surface area contributed by atoms with Crippen LogP contribution in [0.15, 0.2) is 36.4 Å². The Hall–Kier alpha value is -2.21. The number of aryl methyl sites for hydroxylation is 1. The van der Waals surface area contributed by atoms with E-state index in [4.69, 9.17) is 17.2 Å². The van der Waals surface area contributed by atoms with E-state index in [-0.39, 0.29) is 5.41 Å². The van der Waals surface area contributed by atoms with Gasteiger partial charge in [0.15, 0.2) is 5.11 Å². The first kappa shape index (κ1) is 22.0. The van der Waals surface area contributed by atoms with Gasteiger partial charge in [0.1, 0.15) is 5.82 Å². The normalized spacial score (nSPS) is 22.9. The zero-order valence-corrected chi connectivity index (χ0v) is 19.8. The average molecular weight is 438 g/mol. The van der Waals surface area contributed by atoms with Crippen LogP contribution in [0.4, 0.5) is 11.8 Å². The molecule has 0 spiro atoms. The van der Waals surface area contributed by atoms with Crippen molar-refractivity contribution in [1.29, 1.82) is 0 Å². The molecule has 2 aromatic rings. The van der Waals surface area contributed by atoms with E-state index in [0.717, 1.165) is 31.1 Å². The quantitative estimate of drug-likeness (QED) is 0.637. The maximum Gasteiger partial charge on any atom is 0.231 e. The number of nitrogens with one attached hydrogen (secondary N) is 2. The predicted molar refractivity (Wildman–Crippen MR) is 133 cm³/mol. The molecule has 0 bridgehead atoms. The molecule has 2 fully saturated rings. The minimum Gasteiger partial charge on any atom is -0.361 e. The van der Waals surface area contributed by atoms with Crippen molar-refractivity contribution in [3.63, 3.8) is 0 Å². The first-order valence-corrected chi connectivity index (χ1v) is 12.1. The third-order valence-corrected chi connectivity index (χ3v) is 7.04. The first-order valence-electron chi connectivity index (χ1n) is 11.6. The van der Waals surface area contributed by atoms with Gasteiger partial charge in [0.05, 0.1) is 0 Å². The van der Waals surface area contributed by atoms with E-state index >= 15 is 0 Å². The van der Waals surface area contributed by atoms with Crippen molar-refractivity contribution in [2.75, 3.05) is 29.9 Å². The van der Waals surface area contributed by atoms with Gasteiger partial charge in [0, 0.05) is 36.8 Å². The lowest BCUT2D eigenvalue weighted by atomic mass is 9.79. The van der Waals surface area contributed by atoms with Gasteiger partial charge in [-0.05, 0) is 55.8 Å². The van der Waals surface area contributed by atoms with Crippen molar-refractivity contribution in [1.82, 2.24) is 15.3 Å². The summed E-state index contributed by atoms with van der Waals surface area (Å²) in [6.45, 7) is 9.58. The minimum absolute atomic E-state index is 0.158. The molecule has 1 saturated carbocycles. The molecule has 1 aromatic carbocycles. The minimum atomic E-state index is 0.158. The zero-order valence-electron chi connectivity index (χ0n) is 19.0. The van der Waals surface area contributed by atoms with Crippen molar-refractivity contribution in [2.24, 2.45) is 11.8 Å². The average Bonchev–Trinajstić information content (AvgIpc) is 3.22. The van der Waals surface area contributed by atoms with Crippen LogP contribution < -0.4 is 15.5 Å². The Balaban J connectivity index is 1.42. The number of piperidine rings is 1. The smallest absolute Gasteiger partial charge is 0.231 e. The highest BCUT2D eigenvalue weighted by Gasteiger charge is 2.35. The number of benzene rings is 1. The van der Waals surface area contributed by atoms with Crippen LogP contribution in [0, 0.1) is 18.8 Å². The molecule has 1 aliphatic heterocycles. The summed E-state index contributed by atoms with van der Waals surface area (Å²) in [4.78, 5) is 11.8. The van der Waals surface area contributed by atoms with E-state index in [0.29, 0.717) is 22.9 Å². The van der Waals surface area contributed by atoms with Crippen LogP contribution in [0.5, 0.6) is 0 Å². The van der Waals surface area contributed by atoms with Crippen molar-refractivity contribution < 1.29 is 0 Å². The van der Waals surface area contributed by atoms with Gasteiger partial charge in [-0.3, -0.25) is 0 Å². The second-order valence-corrected chi connectivity index (χ2v) is 10.1. The second kappa shape index (κ2) is 9.51. The number of anilines is 2. The summed E-state index contributed by atoms with van der Waals surface area (Å²) in [6.07, 6.45) is 6.22. The molecule has 2 heterocycles. The lowest BCUT2D eigenvalue weighted by Crippen LogP contribution is -2.41. The number of rotatable bonds is 5. The lowest BCUT2D eigenvalue weighted by Gasteiger charge is -2.36. The molecule has 2 N–H and O–H groups in total. The molecule has 4 rings (SSSR count). The fourth-order valence-electron chi connectivity index (χ4n) is 5.43. The van der Waals surface area contributed by atoms with E-state index < -0.39 is 0 Å². The number of nitrogens with zero attached hydrogens (tertiary/aromatic N) is 3. The molecule has 1 aromatic heterocycles. The molecule has 1 aliphatic carbocycles. The molecule has 166 valence electrons. The summed E-state index contributed by atoms with van der Waals surface area (Å²) in [5.74, 6) is 2.93. The van der Waals surface area contributed by atoms with E-state index in [1.54, 1.807) is 0 Å². The molecule has 5 nitrogen and oxygen atoms in total. The van der Waals surface area contributed by atoms with Gasteiger partial charge < -0.3 is 15.5 Å². The topological polar surface area (TPSA) is 53.1 Å². The summed E-state index contributed by atoms with van der Waals surface area (Å²) >= 11 is 5.63. The van der Waals surface area contributed by atoms with Gasteiger partial charge in [-0.2, -0.15) is 4.98 Å². The Morgan fingerprint density at radius 1 is 1.10 bits per heavy atom. The maximum absolute atomic E-state index is 5.63. The molecule has 2 aliphatic rings. The van der Waals surface area contributed by atoms with Gasteiger partial charge in [-0.15, -0.1) is 0 Å². The number of thiocarbonyl (C=S) groups is 1. The van der Waals surface area contributed by atoms with Crippen molar-refractivity contribution in [3.8, 4) is 0 Å². The molecule has 6 heteroatoms. The number of aromatic nitrogens is 2. The Bertz CT molecular complexity index is 884. The van der Waals surface area contributed by atoms with Crippen LogP contribution in [0.25, 0.3) is 0 Å². The summed E-state index contributed by atoms with van der Waals surface area (Å²) in [6, 6.07) is 12.9. The highest BCUT2D eigenvalue weighted by molar-refractivity contribution is 7.80. The highest BCUT2D eigenvalue weighted by Crippen LogP contribution is 2.40. The predicted octanol–water partition coefficient (Wildman–Crippen LogP) is 5.07. The van der Waals surface area contributed by atoms with Crippen LogP contribution in [0.2, 0.25) is 0 Å². The third-order valence-electron chi connectivity index (χ3n) is 6.79. The monoisotopic (exact) mass is 437 g/mol. The van der Waals surface area contributed by atoms with Crippen LogP contribution >= 0.6 is 12.2 Å². The maximum atomic E-state index is 5.63. The van der Waals surface area contributed by atoms with Crippen molar-refractivity contribution >= 4 is 29.1 Å². The Kier molecular flexibility index (Phi) is 6.75. The molecular formula is C25H35N5S. The summed E-state index contributed by atoms with van der Waals surface area (Å²) in [7, 11) is 0. The van der Waals surface area contributed by atoms with E-state index in [2.05, 4.69) is 70.8 Å². The first-order chi connectivity index (χ1) is 14.9. The van der Waals surface area contributed by atoms with Crippen LogP contribution in [0.1, 0.15) is 57.2 Å². The van der Waals surface area contributed by atoms with Crippen LogP contribution in [-0.4, -0.2) is 34.7 Å². The summed E-state index contributed by atoms with van der Waals surface area (Å²) < 4.78 is 0. The van der Waals surface area contributed by atoms with Gasteiger partial charge in [0.2, 0.25) is 5.95 Å². The molecular weight excluding hydrogens is 402 g/mol. The van der Waals surface area contributed by atoms with Gasteiger partial charge in [0.25, 0.3) is 0 Å². The van der Waals surface area contributed by atoms with Crippen molar-refractivity contribution in [2.45, 2.75) is 58.3 Å². The molecule has 1 saturated heterocycles. The largest absolute Gasteiger partial charge is 0.361 e. The zero-order chi connectivity index (χ0) is 21.8. The lowest BCUT2D eigenvalue weighted by molar-refractivity contribution is 0.355. The SMILES string of the molecule is Cc1cc(N2C[C@H](C)C[C@H](C)C2)nc(NC(=S)NCC2(c3ccccc3)CCCC2)n1. The molecule has 31 heavy (non-hydrogen) atoms. The van der Waals surface area contributed by atoms with Crippen LogP contribution in [-0.2, 0) is 5.41 Å². The van der Waals surface area contributed by atoms with E-state index in [1.807, 2.05) is 6.92 Å². The Morgan fingerprint density at radius 2 is 1.77 bits per heavy atom. The number of hydrogen-bond donors (Lipinski definition) is 2. The fraction of sp³-hybridized carbons (Fsp3) is 0.560. The third kappa shape index (κ3) is 5.35. The molecule has 0 unspecified atom stereocenters. The van der Waals surface area contributed by atoms with Crippen molar-refractivity contribution in [3.05, 3.63) is 47.7 Å².